The number of aromatic hydroxyl groups is 1. The van der Waals surface area contributed by atoms with Gasteiger partial charge in [-0.3, -0.25) is 19.2 Å². The molecule has 160 valence electrons. The van der Waals surface area contributed by atoms with E-state index in [1.54, 1.807) is 12.1 Å². The van der Waals surface area contributed by atoms with Gasteiger partial charge in [0.2, 0.25) is 11.0 Å². The van der Waals surface area contributed by atoms with Crippen LogP contribution >= 0.6 is 12.6 Å². The van der Waals surface area contributed by atoms with Crippen LogP contribution in [0.2, 0.25) is 0 Å². The molecule has 0 aliphatic carbocycles. The Morgan fingerprint density at radius 3 is 2.24 bits per heavy atom. The van der Waals surface area contributed by atoms with E-state index in [2.05, 4.69) is 17.9 Å². The van der Waals surface area contributed by atoms with Crippen LogP contribution in [0.5, 0.6) is 5.75 Å². The number of phenolic OH excluding ortho intramolecular Hbond substituents is 1. The number of carbonyl (C=O) groups excluding carboxylic acids is 3. The molecular formula is C19H26N2O7S. The first-order valence-electron chi connectivity index (χ1n) is 9.00. The minimum absolute atomic E-state index is 0.0383. The van der Waals surface area contributed by atoms with Crippen molar-refractivity contribution in [3.63, 3.8) is 0 Å². The van der Waals surface area contributed by atoms with Crippen LogP contribution in [0.15, 0.2) is 24.3 Å². The van der Waals surface area contributed by atoms with E-state index in [-0.39, 0.29) is 31.4 Å². The number of carboxylic acid groups (broad SMARTS) is 1. The lowest BCUT2D eigenvalue weighted by Gasteiger charge is -2.23. The predicted molar refractivity (Wildman–Crippen MR) is 107 cm³/mol. The van der Waals surface area contributed by atoms with Gasteiger partial charge >= 0.3 is 5.97 Å². The summed E-state index contributed by atoms with van der Waals surface area (Å²) >= 11 is 3.65. The summed E-state index contributed by atoms with van der Waals surface area (Å²) in [4.78, 5) is 47.3. The SMILES string of the molecule is C[C@@H](O)C(NC(=O)[C@@H](CC(=O)[C@@H](N)CCC(=O)O)Cc1ccc(O)cc1)C(=O)S. The van der Waals surface area contributed by atoms with Gasteiger partial charge in [0, 0.05) is 18.8 Å². The summed E-state index contributed by atoms with van der Waals surface area (Å²) in [6.45, 7) is 1.32. The molecule has 0 spiro atoms. The number of nitrogens with two attached hydrogens (primary N) is 1. The monoisotopic (exact) mass is 426 g/mol. The Morgan fingerprint density at radius 1 is 1.17 bits per heavy atom. The maximum Gasteiger partial charge on any atom is 0.303 e. The number of Topliss-reactive ketones (excluding diaryl/α,β-unsaturated/α-hetero) is 1. The lowest BCUT2D eigenvalue weighted by molar-refractivity contribution is -0.137. The number of ketones is 1. The molecule has 0 saturated carbocycles. The van der Waals surface area contributed by atoms with Crippen molar-refractivity contribution in [1.82, 2.24) is 5.32 Å². The zero-order chi connectivity index (χ0) is 22.1. The Balaban J connectivity index is 2.96. The van der Waals surface area contributed by atoms with Crippen molar-refractivity contribution >= 4 is 35.4 Å². The number of carboxylic acids is 1. The number of phenols is 1. The molecule has 1 unspecified atom stereocenters. The Bertz CT molecular complexity index is 737. The minimum atomic E-state index is -1.25. The van der Waals surface area contributed by atoms with Crippen LogP contribution in [0, 0.1) is 5.92 Å². The summed E-state index contributed by atoms with van der Waals surface area (Å²) < 4.78 is 0. The van der Waals surface area contributed by atoms with Crippen LogP contribution in [-0.2, 0) is 25.6 Å². The number of hydrogen-bond donors (Lipinski definition) is 6. The van der Waals surface area contributed by atoms with E-state index in [1.807, 2.05) is 0 Å². The highest BCUT2D eigenvalue weighted by Gasteiger charge is 2.30. The number of hydrogen-bond acceptors (Lipinski definition) is 7. The van der Waals surface area contributed by atoms with Gasteiger partial charge in [0.05, 0.1) is 12.1 Å². The van der Waals surface area contributed by atoms with E-state index < -0.39 is 46.9 Å². The van der Waals surface area contributed by atoms with Gasteiger partial charge in [-0.25, -0.2) is 0 Å². The van der Waals surface area contributed by atoms with Gasteiger partial charge in [-0.2, -0.15) is 0 Å². The van der Waals surface area contributed by atoms with E-state index in [9.17, 15) is 29.4 Å². The summed E-state index contributed by atoms with van der Waals surface area (Å²) in [5.41, 5.74) is 6.39. The smallest absolute Gasteiger partial charge is 0.303 e. The molecule has 9 nitrogen and oxygen atoms in total. The molecule has 4 atom stereocenters. The summed E-state index contributed by atoms with van der Waals surface area (Å²) in [5, 5.41) is 29.4. The second kappa shape index (κ2) is 11.5. The molecule has 0 fully saturated rings. The van der Waals surface area contributed by atoms with Gasteiger partial charge in [-0.1, -0.05) is 12.1 Å². The standard InChI is InChI=1S/C19H26N2O7S/c1-10(22)17(19(28)29)21-18(27)12(8-11-2-4-13(23)5-3-11)9-15(24)14(20)6-7-16(25)26/h2-5,10,12,14,17,22-23H,6-9,20H2,1H3,(H,21,27)(H,25,26)(H,28,29)/t10-,12-,14+,17?/m1/s1. The molecule has 0 bridgehead atoms. The highest BCUT2D eigenvalue weighted by Crippen LogP contribution is 2.18. The van der Waals surface area contributed by atoms with Crippen molar-refractivity contribution in [1.29, 1.82) is 0 Å². The third-order valence-corrected chi connectivity index (χ3v) is 4.64. The van der Waals surface area contributed by atoms with Gasteiger partial charge in [-0.15, -0.1) is 12.6 Å². The number of thiol groups is 1. The predicted octanol–water partition coefficient (Wildman–Crippen LogP) is 0.0242. The molecule has 29 heavy (non-hydrogen) atoms. The van der Waals surface area contributed by atoms with Crippen molar-refractivity contribution in [2.45, 2.75) is 50.8 Å². The second-order valence-electron chi connectivity index (χ2n) is 6.84. The minimum Gasteiger partial charge on any atom is -0.508 e. The van der Waals surface area contributed by atoms with Gasteiger partial charge < -0.3 is 26.4 Å². The van der Waals surface area contributed by atoms with Crippen LogP contribution < -0.4 is 11.1 Å². The van der Waals surface area contributed by atoms with E-state index in [0.29, 0.717) is 5.56 Å². The number of rotatable bonds is 12. The van der Waals surface area contributed by atoms with Crippen LogP contribution in [0.3, 0.4) is 0 Å². The lowest BCUT2D eigenvalue weighted by atomic mass is 9.90. The molecule has 0 aliphatic heterocycles. The van der Waals surface area contributed by atoms with Gasteiger partial charge in [0.15, 0.2) is 0 Å². The van der Waals surface area contributed by atoms with Gasteiger partial charge in [0.1, 0.15) is 17.6 Å². The van der Waals surface area contributed by atoms with Crippen LogP contribution in [-0.4, -0.2) is 56.3 Å². The van der Waals surface area contributed by atoms with E-state index in [0.717, 1.165) is 0 Å². The summed E-state index contributed by atoms with van der Waals surface area (Å²) in [7, 11) is 0. The largest absolute Gasteiger partial charge is 0.508 e. The van der Waals surface area contributed by atoms with Crippen molar-refractivity contribution in [3.05, 3.63) is 29.8 Å². The fourth-order valence-electron chi connectivity index (χ4n) is 2.67. The molecule has 1 rings (SSSR count). The zero-order valence-corrected chi connectivity index (χ0v) is 16.8. The summed E-state index contributed by atoms with van der Waals surface area (Å²) in [5.74, 6) is -3.10. The maximum absolute atomic E-state index is 12.7. The highest BCUT2D eigenvalue weighted by atomic mass is 32.1. The zero-order valence-electron chi connectivity index (χ0n) is 15.9. The topological polar surface area (TPSA) is 167 Å². The molecule has 1 aromatic carbocycles. The fourth-order valence-corrected chi connectivity index (χ4v) is 2.95. The highest BCUT2D eigenvalue weighted by molar-refractivity contribution is 7.96. The molecule has 6 N–H and O–H groups in total. The third-order valence-electron chi connectivity index (χ3n) is 4.37. The average molecular weight is 426 g/mol. The molecule has 0 radical (unpaired) electrons. The van der Waals surface area contributed by atoms with Gasteiger partial charge in [-0.05, 0) is 37.5 Å². The molecule has 1 amide bonds. The molecular weight excluding hydrogens is 400 g/mol. The average Bonchev–Trinajstić information content (AvgIpc) is 2.64. The molecule has 0 heterocycles. The number of carbonyl (C=O) groups is 4. The summed E-state index contributed by atoms with van der Waals surface area (Å²) in [6.07, 6.45) is -1.70. The Hall–Kier alpha value is -2.43. The molecule has 10 heteroatoms. The van der Waals surface area contributed by atoms with E-state index in [1.165, 1.54) is 19.1 Å². The quantitative estimate of drug-likeness (QED) is 0.254. The molecule has 0 saturated heterocycles. The van der Waals surface area contributed by atoms with Crippen LogP contribution in [0.1, 0.15) is 31.7 Å². The number of aliphatic carboxylic acids is 1. The third kappa shape index (κ3) is 8.63. The maximum atomic E-state index is 12.7. The first-order chi connectivity index (χ1) is 13.5. The van der Waals surface area contributed by atoms with E-state index >= 15 is 0 Å². The summed E-state index contributed by atoms with van der Waals surface area (Å²) in [6, 6.07) is 3.74. The molecule has 0 aromatic heterocycles. The molecule has 1 aromatic rings. The Morgan fingerprint density at radius 2 is 1.76 bits per heavy atom. The number of benzene rings is 1. The molecule has 0 aliphatic rings. The van der Waals surface area contributed by atoms with Gasteiger partial charge in [0.25, 0.3) is 0 Å². The number of nitrogens with one attached hydrogen (secondary N) is 1. The van der Waals surface area contributed by atoms with Crippen molar-refractivity contribution in [2.75, 3.05) is 0 Å². The lowest BCUT2D eigenvalue weighted by Crippen LogP contribution is -2.49. The normalized spacial score (nSPS) is 15.0. The number of aliphatic hydroxyl groups is 1. The number of aliphatic hydroxyl groups excluding tert-OH is 1. The van der Waals surface area contributed by atoms with Crippen LogP contribution in [0.4, 0.5) is 0 Å². The first kappa shape index (κ1) is 24.6. The van der Waals surface area contributed by atoms with E-state index in [4.69, 9.17) is 10.8 Å². The Kier molecular flexibility index (Phi) is 9.79. The Labute approximate surface area is 173 Å². The number of amides is 1. The fraction of sp³-hybridized carbons (Fsp3) is 0.474. The first-order valence-corrected chi connectivity index (χ1v) is 9.45. The second-order valence-corrected chi connectivity index (χ2v) is 7.28. The van der Waals surface area contributed by atoms with Crippen molar-refractivity contribution < 1.29 is 34.5 Å². The van der Waals surface area contributed by atoms with Crippen molar-refractivity contribution in [3.8, 4) is 5.75 Å². The van der Waals surface area contributed by atoms with Crippen molar-refractivity contribution in [2.24, 2.45) is 11.7 Å². The van der Waals surface area contributed by atoms with Crippen LogP contribution in [0.25, 0.3) is 0 Å².